The van der Waals surface area contributed by atoms with Gasteiger partial charge in [0.15, 0.2) is 0 Å². The number of pyridine rings is 1. The molecule has 0 spiro atoms. The third kappa shape index (κ3) is 0.824. The SMILES string of the molecule is [2H]c1cnc(C#N)c([2H])c1. The van der Waals surface area contributed by atoms with E-state index in [0.717, 1.165) is 0 Å². The van der Waals surface area contributed by atoms with Crippen LogP contribution in [0.2, 0.25) is 0 Å². The summed E-state index contributed by atoms with van der Waals surface area (Å²) in [6.45, 7) is 0. The van der Waals surface area contributed by atoms with Crippen LogP contribution in [0.4, 0.5) is 0 Å². The molecule has 0 bridgehead atoms. The Labute approximate surface area is 50.2 Å². The van der Waals surface area contributed by atoms with Gasteiger partial charge in [0.25, 0.3) is 0 Å². The van der Waals surface area contributed by atoms with Crippen LogP contribution in [0.3, 0.4) is 0 Å². The maximum absolute atomic E-state index is 8.32. The van der Waals surface area contributed by atoms with Gasteiger partial charge in [0.05, 0.1) is 2.74 Å². The molecule has 1 heterocycles. The number of nitrogens with zero attached hydrogens (tertiary/aromatic N) is 2. The normalized spacial score (nSPS) is 11.4. The summed E-state index contributed by atoms with van der Waals surface area (Å²) in [5.74, 6) is 0. The van der Waals surface area contributed by atoms with E-state index in [0.29, 0.717) is 0 Å². The van der Waals surface area contributed by atoms with Crippen LogP contribution in [0.15, 0.2) is 24.3 Å². The van der Waals surface area contributed by atoms with E-state index in [9.17, 15) is 0 Å². The van der Waals surface area contributed by atoms with Gasteiger partial charge in [-0.3, -0.25) is 0 Å². The first-order valence-electron chi connectivity index (χ1n) is 3.07. The maximum Gasteiger partial charge on any atom is 0.140 e. The van der Waals surface area contributed by atoms with Crippen LogP contribution in [0.5, 0.6) is 0 Å². The molecular formula is C6H4N2. The van der Waals surface area contributed by atoms with Crippen molar-refractivity contribution in [1.29, 1.82) is 5.26 Å². The zero-order valence-corrected chi connectivity index (χ0v) is 4.05. The Morgan fingerprint density at radius 2 is 2.75 bits per heavy atom. The number of aromatic nitrogens is 1. The van der Waals surface area contributed by atoms with Gasteiger partial charge in [0.1, 0.15) is 11.8 Å². The second-order valence-electron chi connectivity index (χ2n) is 1.17. The number of hydrogen-bond donors (Lipinski definition) is 0. The molecule has 1 aromatic rings. The minimum atomic E-state index is 0.00926. The van der Waals surface area contributed by atoms with E-state index in [1.54, 1.807) is 6.07 Å². The lowest BCUT2D eigenvalue weighted by Gasteiger charge is -1.79. The molecule has 0 saturated carbocycles. The standard InChI is InChI=1S/C6H4N2/c7-5-6-3-1-2-4-8-6/h1-4H/i2D,3D. The molecule has 0 aliphatic carbocycles. The van der Waals surface area contributed by atoms with Crippen LogP contribution < -0.4 is 0 Å². The van der Waals surface area contributed by atoms with Gasteiger partial charge in [-0.25, -0.2) is 4.98 Å². The first-order chi connectivity index (χ1) is 4.74. The molecular weight excluding hydrogens is 100 g/mol. The lowest BCUT2D eigenvalue weighted by Crippen LogP contribution is -1.75. The highest BCUT2D eigenvalue weighted by Gasteiger charge is 1.81. The van der Waals surface area contributed by atoms with E-state index in [4.69, 9.17) is 8.00 Å². The van der Waals surface area contributed by atoms with Crippen molar-refractivity contribution in [2.75, 3.05) is 0 Å². The molecule has 2 heteroatoms. The number of hydrogen-bond acceptors (Lipinski definition) is 2. The van der Waals surface area contributed by atoms with Crippen molar-refractivity contribution in [3.8, 4) is 6.07 Å². The molecule has 0 radical (unpaired) electrons. The lowest BCUT2D eigenvalue weighted by molar-refractivity contribution is 1.26. The van der Waals surface area contributed by atoms with Gasteiger partial charge in [-0.15, -0.1) is 0 Å². The molecule has 0 aromatic carbocycles. The van der Waals surface area contributed by atoms with Crippen LogP contribution >= 0.6 is 0 Å². The first-order valence-corrected chi connectivity index (χ1v) is 2.07. The molecule has 0 aliphatic rings. The summed E-state index contributed by atoms with van der Waals surface area (Å²) in [5, 5.41) is 8.32. The molecule has 0 saturated heterocycles. The van der Waals surface area contributed by atoms with Gasteiger partial charge in [0, 0.05) is 6.20 Å². The molecule has 38 valence electrons. The zero-order chi connectivity index (χ0) is 7.56. The zero-order valence-electron chi connectivity index (χ0n) is 6.05. The van der Waals surface area contributed by atoms with Crippen LogP contribution in [-0.4, -0.2) is 4.98 Å². The minimum absolute atomic E-state index is 0.00926. The van der Waals surface area contributed by atoms with Crippen LogP contribution in [-0.2, 0) is 0 Å². The third-order valence-corrected chi connectivity index (χ3v) is 0.666. The van der Waals surface area contributed by atoms with Crippen LogP contribution in [0, 0.1) is 11.3 Å². The van der Waals surface area contributed by atoms with Gasteiger partial charge in [-0.1, -0.05) is 6.07 Å². The Balaban J connectivity index is 3.23. The molecule has 0 unspecified atom stereocenters. The highest BCUT2D eigenvalue weighted by atomic mass is 14.7. The lowest BCUT2D eigenvalue weighted by atomic mass is 10.4. The molecule has 0 N–H and O–H groups in total. The molecule has 0 aliphatic heterocycles. The summed E-state index contributed by atoms with van der Waals surface area (Å²) in [6, 6.07) is 3.19. The van der Waals surface area contributed by atoms with Crippen molar-refractivity contribution in [2.24, 2.45) is 0 Å². The van der Waals surface area contributed by atoms with Crippen molar-refractivity contribution in [3.05, 3.63) is 30.0 Å². The van der Waals surface area contributed by atoms with Gasteiger partial charge in [-0.2, -0.15) is 5.26 Å². The monoisotopic (exact) mass is 106 g/mol. The number of nitriles is 1. The summed E-state index contributed by atoms with van der Waals surface area (Å²) in [7, 11) is 0. The fourth-order valence-electron chi connectivity index (χ4n) is 0.348. The molecule has 2 nitrogen and oxygen atoms in total. The van der Waals surface area contributed by atoms with E-state index < -0.39 is 0 Å². The average molecular weight is 106 g/mol. The van der Waals surface area contributed by atoms with Gasteiger partial charge < -0.3 is 0 Å². The largest absolute Gasteiger partial charge is 0.246 e. The van der Waals surface area contributed by atoms with Crippen molar-refractivity contribution in [3.63, 3.8) is 0 Å². The van der Waals surface area contributed by atoms with Crippen LogP contribution in [0.1, 0.15) is 8.44 Å². The van der Waals surface area contributed by atoms with Gasteiger partial charge in [-0.05, 0) is 12.1 Å². The molecule has 1 rings (SSSR count). The van der Waals surface area contributed by atoms with E-state index in [2.05, 4.69) is 4.98 Å². The predicted molar refractivity (Wildman–Crippen MR) is 29.0 cm³/mol. The van der Waals surface area contributed by atoms with Crippen LogP contribution in [0.25, 0.3) is 0 Å². The second kappa shape index (κ2) is 2.08. The van der Waals surface area contributed by atoms with E-state index >= 15 is 0 Å². The highest BCUT2D eigenvalue weighted by Crippen LogP contribution is 1.86. The Kier molecular flexibility index (Phi) is 0.736. The topological polar surface area (TPSA) is 36.7 Å². The number of rotatable bonds is 0. The first kappa shape index (κ1) is 2.83. The van der Waals surface area contributed by atoms with Crippen molar-refractivity contribution in [2.45, 2.75) is 0 Å². The Bertz CT molecular complexity index is 290. The van der Waals surface area contributed by atoms with E-state index in [-0.39, 0.29) is 17.8 Å². The quantitative estimate of drug-likeness (QED) is 0.493. The summed E-state index contributed by atoms with van der Waals surface area (Å²) >= 11 is 0. The summed E-state index contributed by atoms with van der Waals surface area (Å²) < 4.78 is 14.1. The Hall–Kier alpha value is -1.36. The summed E-state index contributed by atoms with van der Waals surface area (Å²) in [5.41, 5.74) is 0.0657. The fraction of sp³-hybridized carbons (Fsp3) is 0. The molecule has 8 heavy (non-hydrogen) atoms. The minimum Gasteiger partial charge on any atom is -0.246 e. The fourth-order valence-corrected chi connectivity index (χ4v) is 0.348. The molecule has 0 fully saturated rings. The smallest absolute Gasteiger partial charge is 0.140 e. The Morgan fingerprint density at radius 3 is 3.38 bits per heavy atom. The third-order valence-electron chi connectivity index (χ3n) is 0.666. The Morgan fingerprint density at radius 1 is 1.88 bits per heavy atom. The van der Waals surface area contributed by atoms with Crippen molar-refractivity contribution >= 4 is 0 Å². The molecule has 0 amide bonds. The highest BCUT2D eigenvalue weighted by molar-refractivity contribution is 5.18. The predicted octanol–water partition coefficient (Wildman–Crippen LogP) is 0.953. The van der Waals surface area contributed by atoms with Gasteiger partial charge in [0.2, 0.25) is 0 Å². The second-order valence-corrected chi connectivity index (χ2v) is 1.17. The van der Waals surface area contributed by atoms with Crippen molar-refractivity contribution < 1.29 is 2.74 Å². The summed E-state index contributed by atoms with van der Waals surface area (Å²) in [4.78, 5) is 3.56. The maximum atomic E-state index is 8.32. The van der Waals surface area contributed by atoms with Gasteiger partial charge >= 0.3 is 0 Å². The molecule has 1 aromatic heterocycles. The molecule has 0 atom stereocenters. The summed E-state index contributed by atoms with van der Waals surface area (Å²) in [6.07, 6.45) is 1.25. The average Bonchev–Trinajstić information content (AvgIpc) is 1.88. The van der Waals surface area contributed by atoms with E-state index in [1.165, 1.54) is 12.3 Å². The van der Waals surface area contributed by atoms with Crippen molar-refractivity contribution in [1.82, 2.24) is 4.98 Å². The van der Waals surface area contributed by atoms with E-state index in [1.807, 2.05) is 0 Å².